The van der Waals surface area contributed by atoms with Gasteiger partial charge in [0.15, 0.2) is 0 Å². The maximum Gasteiger partial charge on any atom is 0.252 e. The fraction of sp³-hybridized carbons (Fsp3) is 0.368. The Hall–Kier alpha value is -2.18. The van der Waals surface area contributed by atoms with Crippen molar-refractivity contribution in [2.24, 2.45) is 0 Å². The predicted molar refractivity (Wildman–Crippen MR) is 102 cm³/mol. The van der Waals surface area contributed by atoms with Crippen LogP contribution in [0.15, 0.2) is 41.1 Å². The van der Waals surface area contributed by atoms with Gasteiger partial charge in [-0.05, 0) is 43.1 Å². The first-order valence-corrected chi connectivity index (χ1v) is 9.29. The number of benzene rings is 1. The highest BCUT2D eigenvalue weighted by molar-refractivity contribution is 7.08. The molecule has 1 aromatic carbocycles. The van der Waals surface area contributed by atoms with Gasteiger partial charge in [-0.3, -0.25) is 9.59 Å². The van der Waals surface area contributed by atoms with E-state index in [-0.39, 0.29) is 11.8 Å². The largest absolute Gasteiger partial charge is 0.352 e. The summed E-state index contributed by atoms with van der Waals surface area (Å²) in [6.45, 7) is 1.88. The Labute approximate surface area is 153 Å². The number of hydrogen-bond acceptors (Lipinski definition) is 4. The molecule has 25 heavy (non-hydrogen) atoms. The van der Waals surface area contributed by atoms with Crippen molar-refractivity contribution in [2.75, 3.05) is 20.6 Å². The fourth-order valence-electron chi connectivity index (χ4n) is 2.45. The molecule has 0 saturated heterocycles. The van der Waals surface area contributed by atoms with E-state index in [2.05, 4.69) is 21.6 Å². The highest BCUT2D eigenvalue weighted by atomic mass is 32.1. The summed E-state index contributed by atoms with van der Waals surface area (Å²) in [6, 6.07) is 9.92. The van der Waals surface area contributed by atoms with Crippen LogP contribution in [0.3, 0.4) is 0 Å². The molecule has 0 unspecified atom stereocenters. The maximum atomic E-state index is 12.0. The summed E-state index contributed by atoms with van der Waals surface area (Å²) in [5, 5.41) is 9.47. The number of carbonyl (C=O) groups excluding carboxylic acids is 2. The number of thiophene rings is 1. The van der Waals surface area contributed by atoms with Crippen LogP contribution >= 0.6 is 11.3 Å². The molecule has 6 heteroatoms. The van der Waals surface area contributed by atoms with Crippen LogP contribution in [0, 0.1) is 0 Å². The zero-order valence-electron chi connectivity index (χ0n) is 14.7. The molecule has 1 heterocycles. The molecule has 0 aliphatic carbocycles. The van der Waals surface area contributed by atoms with Crippen LogP contribution in [-0.4, -0.2) is 37.4 Å². The second kappa shape index (κ2) is 9.96. The summed E-state index contributed by atoms with van der Waals surface area (Å²) < 4.78 is 0. The van der Waals surface area contributed by atoms with Gasteiger partial charge in [0.25, 0.3) is 5.91 Å². The van der Waals surface area contributed by atoms with Crippen molar-refractivity contribution < 1.29 is 9.59 Å². The lowest BCUT2D eigenvalue weighted by molar-refractivity contribution is -0.121. The lowest BCUT2D eigenvalue weighted by Gasteiger charge is -2.14. The van der Waals surface area contributed by atoms with E-state index in [1.54, 1.807) is 6.07 Å². The Morgan fingerprint density at radius 1 is 1.08 bits per heavy atom. The SMILES string of the molecule is CN(C)Cc1ccccc1CNC(=O)CCCNC(=O)c1ccsc1. The highest BCUT2D eigenvalue weighted by Gasteiger charge is 2.07. The molecule has 0 radical (unpaired) electrons. The van der Waals surface area contributed by atoms with Gasteiger partial charge in [0.05, 0.1) is 0 Å². The molecule has 0 spiro atoms. The van der Waals surface area contributed by atoms with Gasteiger partial charge in [-0.2, -0.15) is 11.3 Å². The molecule has 0 bridgehead atoms. The summed E-state index contributed by atoms with van der Waals surface area (Å²) in [5.74, 6) is -0.0799. The van der Waals surface area contributed by atoms with Crippen LogP contribution < -0.4 is 10.6 Å². The molecular formula is C19H25N3O2S. The molecule has 2 rings (SSSR count). The molecule has 2 aromatic rings. The van der Waals surface area contributed by atoms with E-state index in [4.69, 9.17) is 0 Å². The van der Waals surface area contributed by atoms with Crippen molar-refractivity contribution in [2.45, 2.75) is 25.9 Å². The average molecular weight is 359 g/mol. The van der Waals surface area contributed by atoms with Crippen LogP contribution in [0.25, 0.3) is 0 Å². The van der Waals surface area contributed by atoms with Crippen molar-refractivity contribution in [3.63, 3.8) is 0 Å². The van der Waals surface area contributed by atoms with Gasteiger partial charge in [-0.1, -0.05) is 24.3 Å². The molecule has 0 aliphatic heterocycles. The number of rotatable bonds is 9. The van der Waals surface area contributed by atoms with E-state index in [0.717, 1.165) is 12.1 Å². The van der Waals surface area contributed by atoms with Gasteiger partial charge in [0.1, 0.15) is 0 Å². The lowest BCUT2D eigenvalue weighted by Crippen LogP contribution is -2.27. The van der Waals surface area contributed by atoms with E-state index < -0.39 is 0 Å². The second-order valence-electron chi connectivity index (χ2n) is 6.15. The van der Waals surface area contributed by atoms with E-state index >= 15 is 0 Å². The van der Waals surface area contributed by atoms with E-state index in [1.165, 1.54) is 16.9 Å². The van der Waals surface area contributed by atoms with Crippen LogP contribution in [0.2, 0.25) is 0 Å². The van der Waals surface area contributed by atoms with E-state index in [0.29, 0.717) is 31.5 Å². The Balaban J connectivity index is 1.68. The Kier molecular flexibility index (Phi) is 7.63. The van der Waals surface area contributed by atoms with Crippen molar-refractivity contribution in [3.05, 3.63) is 57.8 Å². The van der Waals surface area contributed by atoms with Crippen LogP contribution in [0.4, 0.5) is 0 Å². The molecule has 2 amide bonds. The lowest BCUT2D eigenvalue weighted by atomic mass is 10.1. The summed E-state index contributed by atoms with van der Waals surface area (Å²) >= 11 is 1.49. The third-order valence-electron chi connectivity index (χ3n) is 3.73. The minimum atomic E-state index is -0.0840. The monoisotopic (exact) mass is 359 g/mol. The van der Waals surface area contributed by atoms with Crippen molar-refractivity contribution in [3.8, 4) is 0 Å². The van der Waals surface area contributed by atoms with Crippen molar-refractivity contribution >= 4 is 23.2 Å². The minimum Gasteiger partial charge on any atom is -0.352 e. The Bertz CT molecular complexity index is 684. The minimum absolute atomic E-state index is 0.00411. The first-order chi connectivity index (χ1) is 12.1. The van der Waals surface area contributed by atoms with Crippen molar-refractivity contribution in [1.29, 1.82) is 0 Å². The molecule has 134 valence electrons. The summed E-state index contributed by atoms with van der Waals surface area (Å²) in [5.41, 5.74) is 3.03. The highest BCUT2D eigenvalue weighted by Crippen LogP contribution is 2.10. The molecule has 2 N–H and O–H groups in total. The first kappa shape index (κ1) is 19.1. The number of nitrogens with zero attached hydrogens (tertiary/aromatic N) is 1. The van der Waals surface area contributed by atoms with Gasteiger partial charge >= 0.3 is 0 Å². The molecule has 5 nitrogen and oxygen atoms in total. The molecular weight excluding hydrogens is 334 g/mol. The summed E-state index contributed by atoms with van der Waals surface area (Å²) in [6.07, 6.45) is 1.03. The Morgan fingerprint density at radius 3 is 2.52 bits per heavy atom. The average Bonchev–Trinajstić information content (AvgIpc) is 3.12. The zero-order chi connectivity index (χ0) is 18.1. The van der Waals surface area contributed by atoms with E-state index in [9.17, 15) is 9.59 Å². The molecule has 0 aliphatic rings. The van der Waals surface area contributed by atoms with Gasteiger partial charge in [-0.15, -0.1) is 0 Å². The van der Waals surface area contributed by atoms with E-state index in [1.807, 2.05) is 43.1 Å². The normalized spacial score (nSPS) is 10.7. The van der Waals surface area contributed by atoms with Gasteiger partial charge < -0.3 is 15.5 Å². The number of amides is 2. The standard InChI is InChI=1S/C19H25N3O2S/c1-22(2)13-16-7-4-3-6-15(16)12-21-18(23)8-5-10-20-19(24)17-9-11-25-14-17/h3-4,6-7,9,11,14H,5,8,10,12-13H2,1-2H3,(H,20,24)(H,21,23). The third kappa shape index (κ3) is 6.68. The van der Waals surface area contributed by atoms with Gasteiger partial charge in [-0.25, -0.2) is 0 Å². The third-order valence-corrected chi connectivity index (χ3v) is 4.41. The molecule has 0 saturated carbocycles. The second-order valence-corrected chi connectivity index (χ2v) is 6.93. The topological polar surface area (TPSA) is 61.4 Å². The quantitative estimate of drug-likeness (QED) is 0.677. The number of nitrogens with one attached hydrogen (secondary N) is 2. The fourth-order valence-corrected chi connectivity index (χ4v) is 3.09. The first-order valence-electron chi connectivity index (χ1n) is 8.35. The molecule has 0 atom stereocenters. The van der Waals surface area contributed by atoms with Crippen LogP contribution in [-0.2, 0) is 17.9 Å². The Morgan fingerprint density at radius 2 is 1.84 bits per heavy atom. The maximum absolute atomic E-state index is 12.0. The van der Waals surface area contributed by atoms with Gasteiger partial charge in [0.2, 0.25) is 5.91 Å². The van der Waals surface area contributed by atoms with Gasteiger partial charge in [0, 0.05) is 37.0 Å². The molecule has 0 fully saturated rings. The van der Waals surface area contributed by atoms with Crippen molar-refractivity contribution in [1.82, 2.24) is 15.5 Å². The summed E-state index contributed by atoms with van der Waals surface area (Å²) in [7, 11) is 4.06. The molecule has 1 aromatic heterocycles. The number of hydrogen-bond donors (Lipinski definition) is 2. The predicted octanol–water partition coefficient (Wildman–Crippen LogP) is 2.64. The van der Waals surface area contributed by atoms with Crippen LogP contribution in [0.5, 0.6) is 0 Å². The van der Waals surface area contributed by atoms with Crippen LogP contribution in [0.1, 0.15) is 34.3 Å². The smallest absolute Gasteiger partial charge is 0.252 e. The number of carbonyl (C=O) groups is 2. The zero-order valence-corrected chi connectivity index (χ0v) is 15.6. The summed E-state index contributed by atoms with van der Waals surface area (Å²) in [4.78, 5) is 25.9.